The number of nitrogens with one attached hydrogen (secondary N) is 3. The standard InChI is InChI=1S/C24H30N4O3/c25-15-22(24(30)28-31)27-23(29)20-13-11-18(12-14-20)6-5-17-7-9-19(10-8-17)16-26-21-3-1-2-4-21/h7-9,11-14,19,21-22,26,31H,1-4,10,15-16,25H2,(H,27,29)(H,28,30)/t19?,22-/m0/s1. The van der Waals surface area contributed by atoms with Crippen molar-refractivity contribution in [1.29, 1.82) is 0 Å². The van der Waals surface area contributed by atoms with Crippen molar-refractivity contribution in [2.75, 3.05) is 13.1 Å². The van der Waals surface area contributed by atoms with Gasteiger partial charge in [0.1, 0.15) is 6.04 Å². The fraction of sp³-hybridized carbons (Fsp3) is 0.417. The Bertz CT molecular complexity index is 890. The van der Waals surface area contributed by atoms with Gasteiger partial charge in [0.05, 0.1) is 0 Å². The van der Waals surface area contributed by atoms with Crippen molar-refractivity contribution in [3.63, 3.8) is 0 Å². The number of hydroxylamine groups is 1. The lowest BCUT2D eigenvalue weighted by Gasteiger charge is -2.18. The third-order valence-electron chi connectivity index (χ3n) is 5.68. The third kappa shape index (κ3) is 6.79. The zero-order valence-electron chi connectivity index (χ0n) is 17.6. The molecule has 0 saturated heterocycles. The van der Waals surface area contributed by atoms with Gasteiger partial charge in [0.25, 0.3) is 11.8 Å². The Morgan fingerprint density at radius 3 is 2.52 bits per heavy atom. The highest BCUT2D eigenvalue weighted by Gasteiger charge is 2.19. The molecule has 3 rings (SSSR count). The molecule has 0 spiro atoms. The van der Waals surface area contributed by atoms with Crippen LogP contribution in [-0.4, -0.2) is 42.2 Å². The quantitative estimate of drug-likeness (QED) is 0.260. The van der Waals surface area contributed by atoms with Gasteiger partial charge < -0.3 is 16.4 Å². The second kappa shape index (κ2) is 11.5. The van der Waals surface area contributed by atoms with Gasteiger partial charge in [-0.1, -0.05) is 42.9 Å². The Hall–Kier alpha value is -2.92. The predicted octanol–water partition coefficient (Wildman–Crippen LogP) is 1.64. The van der Waals surface area contributed by atoms with Gasteiger partial charge in [-0.15, -0.1) is 0 Å². The van der Waals surface area contributed by atoms with Crippen molar-refractivity contribution in [2.24, 2.45) is 11.7 Å². The molecule has 0 bridgehead atoms. The maximum Gasteiger partial charge on any atom is 0.267 e. The minimum Gasteiger partial charge on any atom is -0.339 e. The lowest BCUT2D eigenvalue weighted by Crippen LogP contribution is -2.50. The summed E-state index contributed by atoms with van der Waals surface area (Å²) in [5, 5.41) is 14.8. The van der Waals surface area contributed by atoms with E-state index < -0.39 is 17.9 Å². The highest BCUT2D eigenvalue weighted by Crippen LogP contribution is 2.20. The Kier molecular flexibility index (Phi) is 8.42. The minimum atomic E-state index is -1.00. The predicted molar refractivity (Wildman–Crippen MR) is 119 cm³/mol. The third-order valence-corrected chi connectivity index (χ3v) is 5.68. The molecule has 2 amide bonds. The van der Waals surface area contributed by atoms with Crippen LogP contribution in [0.15, 0.2) is 48.1 Å². The fourth-order valence-electron chi connectivity index (χ4n) is 3.76. The smallest absolute Gasteiger partial charge is 0.267 e. The molecule has 2 atom stereocenters. The summed E-state index contributed by atoms with van der Waals surface area (Å²) < 4.78 is 0. The first-order chi connectivity index (χ1) is 15.1. The molecular weight excluding hydrogens is 392 g/mol. The van der Waals surface area contributed by atoms with Gasteiger partial charge in [-0.3, -0.25) is 14.8 Å². The largest absolute Gasteiger partial charge is 0.339 e. The molecule has 1 aromatic carbocycles. The van der Waals surface area contributed by atoms with Crippen LogP contribution < -0.4 is 21.8 Å². The van der Waals surface area contributed by atoms with Crippen LogP contribution in [-0.2, 0) is 4.79 Å². The van der Waals surface area contributed by atoms with Gasteiger partial charge in [0.15, 0.2) is 0 Å². The first kappa shape index (κ1) is 22.8. The lowest BCUT2D eigenvalue weighted by atomic mass is 9.96. The van der Waals surface area contributed by atoms with Gasteiger partial charge in [-0.25, -0.2) is 5.48 Å². The van der Waals surface area contributed by atoms with E-state index in [1.54, 1.807) is 24.3 Å². The summed E-state index contributed by atoms with van der Waals surface area (Å²) >= 11 is 0. The van der Waals surface area contributed by atoms with Crippen LogP contribution in [0.2, 0.25) is 0 Å². The fourth-order valence-corrected chi connectivity index (χ4v) is 3.76. The molecule has 1 unspecified atom stereocenters. The van der Waals surface area contributed by atoms with E-state index in [0.29, 0.717) is 17.5 Å². The number of rotatable bonds is 7. The molecule has 0 aliphatic heterocycles. The van der Waals surface area contributed by atoms with Gasteiger partial charge in [-0.05, 0) is 49.4 Å². The molecule has 31 heavy (non-hydrogen) atoms. The molecular formula is C24H30N4O3. The van der Waals surface area contributed by atoms with Crippen molar-refractivity contribution < 1.29 is 14.8 Å². The van der Waals surface area contributed by atoms with Crippen molar-refractivity contribution in [1.82, 2.24) is 16.1 Å². The SMILES string of the molecule is NC[C@H](NC(=O)c1ccc(C#CC2=CCC(CNC3CCCC3)C=C2)cc1)C(=O)NO. The Balaban J connectivity index is 1.49. The second-order valence-electron chi connectivity index (χ2n) is 7.97. The number of hydrogen-bond acceptors (Lipinski definition) is 5. The molecule has 7 nitrogen and oxygen atoms in total. The van der Waals surface area contributed by atoms with Crippen LogP contribution in [0.5, 0.6) is 0 Å². The summed E-state index contributed by atoms with van der Waals surface area (Å²) in [4.78, 5) is 23.7. The van der Waals surface area contributed by atoms with Gasteiger partial charge >= 0.3 is 0 Å². The number of amides is 2. The Labute approximate surface area is 183 Å². The summed E-state index contributed by atoms with van der Waals surface area (Å²) in [7, 11) is 0. The van der Waals surface area contributed by atoms with Crippen molar-refractivity contribution in [3.8, 4) is 11.8 Å². The van der Waals surface area contributed by atoms with Crippen LogP contribution in [0.3, 0.4) is 0 Å². The summed E-state index contributed by atoms with van der Waals surface area (Å²) in [5.74, 6) is 5.60. The van der Waals surface area contributed by atoms with E-state index in [2.05, 4.69) is 40.7 Å². The summed E-state index contributed by atoms with van der Waals surface area (Å²) in [5.41, 5.74) is 9.10. The molecule has 6 N–H and O–H groups in total. The molecule has 2 aliphatic rings. The number of nitrogens with two attached hydrogens (primary N) is 1. The molecule has 1 aromatic rings. The van der Waals surface area contributed by atoms with E-state index in [1.165, 1.54) is 31.2 Å². The molecule has 2 aliphatic carbocycles. The van der Waals surface area contributed by atoms with Crippen LogP contribution in [0.4, 0.5) is 0 Å². The normalized spacial score (nSPS) is 19.2. The molecule has 0 heterocycles. The zero-order chi connectivity index (χ0) is 22.1. The van der Waals surface area contributed by atoms with Gasteiger partial charge in [0, 0.05) is 35.8 Å². The van der Waals surface area contributed by atoms with Crippen LogP contribution in [0.1, 0.15) is 48.0 Å². The van der Waals surface area contributed by atoms with E-state index in [9.17, 15) is 9.59 Å². The highest BCUT2D eigenvalue weighted by atomic mass is 16.5. The van der Waals surface area contributed by atoms with E-state index in [0.717, 1.165) is 24.1 Å². The minimum absolute atomic E-state index is 0.123. The number of benzene rings is 1. The first-order valence-corrected chi connectivity index (χ1v) is 10.8. The number of carbonyl (C=O) groups is 2. The average molecular weight is 423 g/mol. The number of carbonyl (C=O) groups excluding carboxylic acids is 2. The van der Waals surface area contributed by atoms with Gasteiger partial charge in [0.2, 0.25) is 0 Å². The van der Waals surface area contributed by atoms with E-state index in [4.69, 9.17) is 10.9 Å². The van der Waals surface area contributed by atoms with E-state index >= 15 is 0 Å². The molecule has 1 saturated carbocycles. The highest BCUT2D eigenvalue weighted by molar-refractivity contribution is 5.97. The van der Waals surface area contributed by atoms with Crippen LogP contribution in [0.25, 0.3) is 0 Å². The van der Waals surface area contributed by atoms with E-state index in [-0.39, 0.29) is 6.54 Å². The molecule has 1 fully saturated rings. The van der Waals surface area contributed by atoms with Crippen molar-refractivity contribution in [2.45, 2.75) is 44.2 Å². The average Bonchev–Trinajstić information content (AvgIpc) is 3.34. The monoisotopic (exact) mass is 422 g/mol. The van der Waals surface area contributed by atoms with Crippen LogP contribution >= 0.6 is 0 Å². The van der Waals surface area contributed by atoms with Crippen LogP contribution in [0, 0.1) is 17.8 Å². The number of allylic oxidation sites excluding steroid dienone is 3. The Morgan fingerprint density at radius 1 is 1.16 bits per heavy atom. The second-order valence-corrected chi connectivity index (χ2v) is 7.97. The Morgan fingerprint density at radius 2 is 1.90 bits per heavy atom. The maximum atomic E-state index is 12.2. The zero-order valence-corrected chi connectivity index (χ0v) is 17.6. The van der Waals surface area contributed by atoms with Crippen molar-refractivity contribution in [3.05, 3.63) is 59.2 Å². The summed E-state index contributed by atoms with van der Waals surface area (Å²) in [6.07, 6.45) is 12.8. The lowest BCUT2D eigenvalue weighted by molar-refractivity contribution is -0.130. The van der Waals surface area contributed by atoms with Crippen molar-refractivity contribution >= 4 is 11.8 Å². The molecule has 0 radical (unpaired) electrons. The summed E-state index contributed by atoms with van der Waals surface area (Å²) in [6.45, 7) is 0.898. The summed E-state index contributed by atoms with van der Waals surface area (Å²) in [6, 6.07) is 6.48. The maximum absolute atomic E-state index is 12.2. The molecule has 0 aromatic heterocycles. The molecule has 7 heteroatoms. The topological polar surface area (TPSA) is 116 Å². The first-order valence-electron chi connectivity index (χ1n) is 10.8. The number of hydrogen-bond donors (Lipinski definition) is 5. The van der Waals surface area contributed by atoms with Gasteiger partial charge in [-0.2, -0.15) is 0 Å². The molecule has 164 valence electrons. The van der Waals surface area contributed by atoms with E-state index in [1.807, 2.05) is 0 Å².